The van der Waals surface area contributed by atoms with Crippen LogP contribution in [0.2, 0.25) is 0 Å². The van der Waals surface area contributed by atoms with Crippen molar-refractivity contribution in [2.75, 3.05) is 5.32 Å². The van der Waals surface area contributed by atoms with Crippen molar-refractivity contribution in [1.29, 1.82) is 0 Å². The van der Waals surface area contributed by atoms with E-state index in [1.165, 1.54) is 12.1 Å². The van der Waals surface area contributed by atoms with Crippen LogP contribution in [0.3, 0.4) is 0 Å². The van der Waals surface area contributed by atoms with E-state index in [0.717, 1.165) is 5.56 Å². The highest BCUT2D eigenvalue weighted by Gasteiger charge is 2.27. The number of nitrogens with two attached hydrogens (primary N) is 1. The highest BCUT2D eigenvalue weighted by molar-refractivity contribution is 7.89. The number of hydrogen-bond acceptors (Lipinski definition) is 6. The highest BCUT2D eigenvalue weighted by Crippen LogP contribution is 2.24. The zero-order chi connectivity index (χ0) is 26.6. The molecular weight excluding hydrogens is 498 g/mol. The number of amides is 2. The fourth-order valence-electron chi connectivity index (χ4n) is 3.51. The van der Waals surface area contributed by atoms with Gasteiger partial charge >= 0.3 is 5.97 Å². The molecule has 2 aromatic carbocycles. The summed E-state index contributed by atoms with van der Waals surface area (Å²) in [5.41, 5.74) is 7.61. The molecule has 2 amide bonds. The molecule has 4 rings (SSSR count). The largest absolute Gasteiger partial charge is 0.480 e. The standard InChI is InChI=1S/C26H21N3O7S/c27-24(30)15-21(26(32)33)29-37(34,35)20-12-8-17(9-13-20)16-6-10-19(11-7-16)28-25(31)23-14-18-4-2-1-3-5-22(18)36-23/h3,5-14,21,29H,1,15H2,(H2,27,30)(H,28,31)(H,32,33)/t21-/m0/s1. The van der Waals surface area contributed by atoms with Crippen molar-refractivity contribution in [3.05, 3.63) is 77.8 Å². The minimum Gasteiger partial charge on any atom is -0.480 e. The number of carboxylic acids is 1. The van der Waals surface area contributed by atoms with Gasteiger partial charge in [0.15, 0.2) is 5.76 Å². The normalized spacial score (nSPS) is 13.0. The van der Waals surface area contributed by atoms with Gasteiger partial charge in [0.2, 0.25) is 15.9 Å². The number of allylic oxidation sites excluding steroid dienone is 1. The van der Waals surface area contributed by atoms with Gasteiger partial charge < -0.3 is 20.6 Å². The van der Waals surface area contributed by atoms with E-state index in [-0.39, 0.29) is 10.7 Å². The van der Waals surface area contributed by atoms with Crippen molar-refractivity contribution in [3.63, 3.8) is 0 Å². The van der Waals surface area contributed by atoms with Gasteiger partial charge in [-0.15, -0.1) is 0 Å². The van der Waals surface area contributed by atoms with Crippen LogP contribution in [0.15, 0.2) is 70.0 Å². The molecule has 3 aromatic rings. The van der Waals surface area contributed by atoms with Crippen molar-refractivity contribution < 1.29 is 32.3 Å². The average Bonchev–Trinajstić information content (AvgIpc) is 3.14. The maximum Gasteiger partial charge on any atom is 0.322 e. The third-order valence-electron chi connectivity index (χ3n) is 5.34. The summed E-state index contributed by atoms with van der Waals surface area (Å²) in [7, 11) is -4.21. The molecule has 0 aliphatic heterocycles. The second-order valence-electron chi connectivity index (χ2n) is 8.04. The number of benzene rings is 2. The number of rotatable bonds is 9. The number of hydrogen-bond donors (Lipinski definition) is 4. The van der Waals surface area contributed by atoms with E-state index in [4.69, 9.17) is 15.3 Å². The first-order chi connectivity index (χ1) is 17.6. The zero-order valence-corrected chi connectivity index (χ0v) is 20.0. The molecule has 1 atom stereocenters. The number of carbonyl (C=O) groups is 3. The predicted molar refractivity (Wildman–Crippen MR) is 135 cm³/mol. The van der Waals surface area contributed by atoms with E-state index < -0.39 is 40.3 Å². The Labute approximate surface area is 212 Å². The van der Waals surface area contributed by atoms with Crippen molar-refractivity contribution in [2.24, 2.45) is 5.73 Å². The summed E-state index contributed by atoms with van der Waals surface area (Å²) in [5, 5.41) is 11.9. The monoisotopic (exact) mass is 519 g/mol. The van der Waals surface area contributed by atoms with Gasteiger partial charge in [-0.2, -0.15) is 4.72 Å². The molecule has 5 N–H and O–H groups in total. The molecule has 188 valence electrons. The Hall–Kier alpha value is -4.66. The lowest BCUT2D eigenvalue weighted by Crippen LogP contribution is -2.43. The fraction of sp³-hybridized carbons (Fsp3) is 0.115. The first kappa shape index (κ1) is 25.4. The summed E-state index contributed by atoms with van der Waals surface area (Å²) in [6.45, 7) is 0. The zero-order valence-electron chi connectivity index (χ0n) is 19.2. The van der Waals surface area contributed by atoms with Crippen LogP contribution in [-0.2, 0) is 19.6 Å². The number of carbonyl (C=O) groups excluding carboxylic acids is 2. The number of aliphatic carboxylic acids is 1. The molecule has 0 unspecified atom stereocenters. The number of anilines is 1. The van der Waals surface area contributed by atoms with Gasteiger partial charge in [0.1, 0.15) is 11.8 Å². The number of furan rings is 1. The maximum absolute atomic E-state index is 12.6. The van der Waals surface area contributed by atoms with Gasteiger partial charge in [-0.25, -0.2) is 8.42 Å². The lowest BCUT2D eigenvalue weighted by Gasteiger charge is -2.13. The number of carboxylic acid groups (broad SMARTS) is 1. The molecule has 10 nitrogen and oxygen atoms in total. The van der Waals surface area contributed by atoms with Crippen molar-refractivity contribution in [2.45, 2.75) is 23.8 Å². The van der Waals surface area contributed by atoms with E-state index in [0.29, 0.717) is 29.0 Å². The molecule has 11 heteroatoms. The Balaban J connectivity index is 1.43. The molecule has 0 saturated heterocycles. The molecule has 0 spiro atoms. The quantitative estimate of drug-likeness (QED) is 0.315. The minimum atomic E-state index is -4.21. The summed E-state index contributed by atoms with van der Waals surface area (Å²) < 4.78 is 32.6. The van der Waals surface area contributed by atoms with Crippen LogP contribution in [0, 0.1) is 11.8 Å². The van der Waals surface area contributed by atoms with Gasteiger partial charge in [0.25, 0.3) is 5.91 Å². The third kappa shape index (κ3) is 6.13. The Kier molecular flexibility index (Phi) is 7.24. The molecule has 0 fully saturated rings. The van der Waals surface area contributed by atoms with E-state index in [1.807, 2.05) is 10.8 Å². The van der Waals surface area contributed by atoms with E-state index in [2.05, 4.69) is 17.2 Å². The summed E-state index contributed by atoms with van der Waals surface area (Å²) in [6.07, 6.45) is 3.57. The summed E-state index contributed by atoms with van der Waals surface area (Å²) in [6, 6.07) is 12.5. The molecule has 0 saturated carbocycles. The summed E-state index contributed by atoms with van der Waals surface area (Å²) in [5.74, 6) is 3.70. The second-order valence-corrected chi connectivity index (χ2v) is 9.75. The molecule has 1 heterocycles. The first-order valence-electron chi connectivity index (χ1n) is 11.0. The molecule has 1 aliphatic carbocycles. The fourth-order valence-corrected chi connectivity index (χ4v) is 4.70. The van der Waals surface area contributed by atoms with E-state index >= 15 is 0 Å². The number of nitrogens with one attached hydrogen (secondary N) is 2. The second kappa shape index (κ2) is 10.5. The lowest BCUT2D eigenvalue weighted by atomic mass is 10.1. The Bertz CT molecular complexity index is 1560. The SMILES string of the molecule is NC(=O)C[C@H](NS(=O)(=O)c1ccc(-c2ccc(NC(=O)c3cc4c(o3)C=CCC#C4)cc2)cc1)C(=O)O. The van der Waals surface area contributed by atoms with Crippen LogP contribution in [0.5, 0.6) is 0 Å². The molecule has 37 heavy (non-hydrogen) atoms. The Morgan fingerprint density at radius 2 is 1.70 bits per heavy atom. The number of sulfonamides is 1. The van der Waals surface area contributed by atoms with Gasteiger partial charge in [-0.3, -0.25) is 14.4 Å². The molecular formula is C26H21N3O7S. The Morgan fingerprint density at radius 1 is 1.05 bits per heavy atom. The van der Waals surface area contributed by atoms with E-state index in [1.54, 1.807) is 48.5 Å². The molecule has 1 aliphatic rings. The van der Waals surface area contributed by atoms with Gasteiger partial charge in [-0.05, 0) is 41.5 Å². The van der Waals surface area contributed by atoms with Crippen LogP contribution in [-0.4, -0.2) is 37.3 Å². The van der Waals surface area contributed by atoms with Crippen LogP contribution in [0.4, 0.5) is 5.69 Å². The van der Waals surface area contributed by atoms with E-state index in [9.17, 15) is 22.8 Å². The number of fused-ring (bicyclic) bond motifs is 1. The molecule has 0 radical (unpaired) electrons. The third-order valence-corrected chi connectivity index (χ3v) is 6.83. The van der Waals surface area contributed by atoms with Crippen molar-refractivity contribution >= 4 is 39.6 Å². The van der Waals surface area contributed by atoms with Crippen molar-refractivity contribution in [1.82, 2.24) is 4.72 Å². The Morgan fingerprint density at radius 3 is 2.32 bits per heavy atom. The molecule has 1 aromatic heterocycles. The smallest absolute Gasteiger partial charge is 0.322 e. The van der Waals surface area contributed by atoms with Crippen LogP contribution in [0.1, 0.15) is 34.7 Å². The van der Waals surface area contributed by atoms with Crippen LogP contribution in [0.25, 0.3) is 17.2 Å². The highest BCUT2D eigenvalue weighted by atomic mass is 32.2. The summed E-state index contributed by atoms with van der Waals surface area (Å²) in [4.78, 5) is 34.7. The van der Waals surface area contributed by atoms with Crippen LogP contribution < -0.4 is 15.8 Å². The topological polar surface area (TPSA) is 169 Å². The van der Waals surface area contributed by atoms with Crippen LogP contribution >= 0.6 is 0 Å². The maximum atomic E-state index is 12.6. The van der Waals surface area contributed by atoms with Crippen molar-refractivity contribution in [3.8, 4) is 23.0 Å². The minimum absolute atomic E-state index is 0.140. The van der Waals surface area contributed by atoms with Gasteiger partial charge in [0.05, 0.1) is 16.9 Å². The number of primary amides is 1. The average molecular weight is 520 g/mol. The lowest BCUT2D eigenvalue weighted by molar-refractivity contribution is -0.140. The molecule has 0 bridgehead atoms. The first-order valence-corrected chi connectivity index (χ1v) is 12.5. The predicted octanol–water partition coefficient (Wildman–Crippen LogP) is 2.57. The van der Waals surface area contributed by atoms with Gasteiger partial charge in [-0.1, -0.05) is 42.2 Å². The summed E-state index contributed by atoms with van der Waals surface area (Å²) >= 11 is 0. The van der Waals surface area contributed by atoms with Gasteiger partial charge in [0, 0.05) is 18.2 Å².